The number of nitrogens with two attached hydrogens (primary N) is 1. The van der Waals surface area contributed by atoms with Crippen molar-refractivity contribution in [3.05, 3.63) is 32.6 Å². The van der Waals surface area contributed by atoms with Crippen molar-refractivity contribution in [2.24, 2.45) is 0 Å². The van der Waals surface area contributed by atoms with Crippen molar-refractivity contribution in [1.29, 1.82) is 0 Å². The summed E-state index contributed by atoms with van der Waals surface area (Å²) >= 11 is 10.5. The summed E-state index contributed by atoms with van der Waals surface area (Å²) in [4.78, 5) is 18.5. The molecule has 0 aliphatic carbocycles. The van der Waals surface area contributed by atoms with Crippen LogP contribution in [0.5, 0.6) is 0 Å². The van der Waals surface area contributed by atoms with E-state index in [0.29, 0.717) is 25.2 Å². The van der Waals surface area contributed by atoms with Crippen LogP contribution in [0.1, 0.15) is 9.67 Å². The number of carbonyl (C=O) groups is 1. The molecule has 0 radical (unpaired) electrons. The van der Waals surface area contributed by atoms with Gasteiger partial charge in [0.2, 0.25) is 0 Å². The number of thiazole rings is 1. The SMILES string of the molecule is CN(C)c1nc(N)c(C(=O)Nc2cccc(Cl)c2Br)s1. The Kier molecular flexibility index (Phi) is 4.52. The minimum Gasteiger partial charge on any atom is -0.382 e. The summed E-state index contributed by atoms with van der Waals surface area (Å²) in [5.41, 5.74) is 6.36. The van der Waals surface area contributed by atoms with Crippen molar-refractivity contribution in [3.8, 4) is 0 Å². The first-order valence-corrected chi connectivity index (χ1v) is 7.58. The summed E-state index contributed by atoms with van der Waals surface area (Å²) in [6, 6.07) is 5.23. The zero-order valence-electron chi connectivity index (χ0n) is 10.8. The molecule has 2 rings (SSSR count). The first-order chi connectivity index (χ1) is 9.40. The lowest BCUT2D eigenvalue weighted by molar-refractivity contribution is 0.103. The minimum atomic E-state index is -0.309. The molecule has 0 atom stereocenters. The largest absolute Gasteiger partial charge is 0.382 e. The van der Waals surface area contributed by atoms with Gasteiger partial charge in [-0.15, -0.1) is 0 Å². The highest BCUT2D eigenvalue weighted by Gasteiger charge is 2.18. The van der Waals surface area contributed by atoms with Crippen molar-refractivity contribution < 1.29 is 4.79 Å². The monoisotopic (exact) mass is 374 g/mol. The summed E-state index contributed by atoms with van der Waals surface area (Å²) in [6.45, 7) is 0. The van der Waals surface area contributed by atoms with Crippen LogP contribution < -0.4 is 16.0 Å². The molecule has 0 spiro atoms. The third-order valence-corrected chi connectivity index (χ3v) is 5.07. The van der Waals surface area contributed by atoms with Gasteiger partial charge in [-0.25, -0.2) is 4.98 Å². The summed E-state index contributed by atoms with van der Waals surface area (Å²) < 4.78 is 0.630. The van der Waals surface area contributed by atoms with Gasteiger partial charge in [-0.05, 0) is 28.1 Å². The van der Waals surface area contributed by atoms with E-state index >= 15 is 0 Å². The Bertz CT molecular complexity index is 659. The number of nitrogens with zero attached hydrogens (tertiary/aromatic N) is 2. The number of amides is 1. The Morgan fingerprint density at radius 1 is 1.50 bits per heavy atom. The summed E-state index contributed by atoms with van der Waals surface area (Å²) in [5.74, 6) is -0.0922. The zero-order valence-corrected chi connectivity index (χ0v) is 13.9. The summed E-state index contributed by atoms with van der Waals surface area (Å²) in [7, 11) is 3.68. The van der Waals surface area contributed by atoms with Crippen molar-refractivity contribution >= 4 is 61.4 Å². The molecule has 3 N–H and O–H groups in total. The fraction of sp³-hybridized carbons (Fsp3) is 0.167. The third-order valence-electron chi connectivity index (χ3n) is 2.43. The van der Waals surface area contributed by atoms with Crippen LogP contribution in [0, 0.1) is 0 Å². The quantitative estimate of drug-likeness (QED) is 0.862. The smallest absolute Gasteiger partial charge is 0.269 e. The molecule has 0 unspecified atom stereocenters. The lowest BCUT2D eigenvalue weighted by atomic mass is 10.3. The number of benzene rings is 1. The third kappa shape index (κ3) is 3.05. The molecule has 0 fully saturated rings. The standard InChI is InChI=1S/C12H12BrClN4OS/c1-18(2)12-17-10(15)9(20-12)11(19)16-7-5-3-4-6(14)8(7)13/h3-5H,15H2,1-2H3,(H,16,19). The summed E-state index contributed by atoms with van der Waals surface area (Å²) in [5, 5.41) is 3.96. The number of hydrogen-bond acceptors (Lipinski definition) is 5. The minimum absolute atomic E-state index is 0.217. The van der Waals surface area contributed by atoms with Gasteiger partial charge in [-0.2, -0.15) is 0 Å². The highest BCUT2D eigenvalue weighted by Crippen LogP contribution is 2.32. The summed E-state index contributed by atoms with van der Waals surface area (Å²) in [6.07, 6.45) is 0. The van der Waals surface area contributed by atoms with Gasteiger partial charge in [-0.3, -0.25) is 4.79 Å². The molecule has 1 heterocycles. The van der Waals surface area contributed by atoms with Gasteiger partial charge in [0.1, 0.15) is 10.7 Å². The zero-order chi connectivity index (χ0) is 14.9. The second-order valence-corrected chi connectivity index (χ2v) is 6.34. The average molecular weight is 376 g/mol. The average Bonchev–Trinajstić information content (AvgIpc) is 2.77. The second kappa shape index (κ2) is 5.99. The van der Waals surface area contributed by atoms with Crippen molar-refractivity contribution in [3.63, 3.8) is 0 Å². The van der Waals surface area contributed by atoms with Crippen LogP contribution in [-0.2, 0) is 0 Å². The van der Waals surface area contributed by atoms with Crippen LogP contribution in [0.3, 0.4) is 0 Å². The predicted molar refractivity (Wildman–Crippen MR) is 88.0 cm³/mol. The molecule has 1 aromatic heterocycles. The van der Waals surface area contributed by atoms with Crippen LogP contribution in [0.2, 0.25) is 5.02 Å². The molecular weight excluding hydrogens is 364 g/mol. The predicted octanol–water partition coefficient (Wildman–Crippen LogP) is 3.46. The maximum absolute atomic E-state index is 12.2. The van der Waals surface area contributed by atoms with E-state index in [4.69, 9.17) is 17.3 Å². The molecule has 1 aromatic carbocycles. The molecule has 8 heteroatoms. The van der Waals surface area contributed by atoms with Crippen LogP contribution in [-0.4, -0.2) is 25.0 Å². The number of hydrogen-bond donors (Lipinski definition) is 2. The first kappa shape index (κ1) is 15.1. The van der Waals surface area contributed by atoms with Gasteiger partial charge in [-0.1, -0.05) is 29.0 Å². The van der Waals surface area contributed by atoms with E-state index in [1.54, 1.807) is 23.1 Å². The molecule has 20 heavy (non-hydrogen) atoms. The molecule has 0 aliphatic heterocycles. The Labute approximate surface area is 133 Å². The first-order valence-electron chi connectivity index (χ1n) is 5.59. The maximum atomic E-state index is 12.2. The molecule has 1 amide bonds. The maximum Gasteiger partial charge on any atom is 0.269 e. The number of anilines is 3. The van der Waals surface area contributed by atoms with E-state index in [0.717, 1.165) is 0 Å². The Morgan fingerprint density at radius 3 is 2.80 bits per heavy atom. The topological polar surface area (TPSA) is 71.2 Å². The van der Waals surface area contributed by atoms with Crippen LogP contribution in [0.15, 0.2) is 22.7 Å². The molecule has 0 aliphatic rings. The number of nitrogens with one attached hydrogen (secondary N) is 1. The molecule has 0 bridgehead atoms. The van der Waals surface area contributed by atoms with Crippen LogP contribution in [0.25, 0.3) is 0 Å². The number of aromatic nitrogens is 1. The van der Waals surface area contributed by atoms with Crippen LogP contribution in [0.4, 0.5) is 16.6 Å². The van der Waals surface area contributed by atoms with E-state index in [2.05, 4.69) is 26.2 Å². The number of rotatable bonds is 3. The van der Waals surface area contributed by atoms with Gasteiger partial charge >= 0.3 is 0 Å². The van der Waals surface area contributed by atoms with E-state index in [1.807, 2.05) is 14.1 Å². The second-order valence-electron chi connectivity index (χ2n) is 4.16. The molecular formula is C12H12BrClN4OS. The Balaban J connectivity index is 2.26. The van der Waals surface area contributed by atoms with E-state index in [9.17, 15) is 4.79 Å². The fourth-order valence-electron chi connectivity index (χ4n) is 1.45. The van der Waals surface area contributed by atoms with Gasteiger partial charge in [0.25, 0.3) is 5.91 Å². The Morgan fingerprint density at radius 2 is 2.20 bits per heavy atom. The van der Waals surface area contributed by atoms with Crippen molar-refractivity contribution in [2.75, 3.05) is 30.0 Å². The molecule has 2 aromatic rings. The number of halogens is 2. The molecule has 0 saturated carbocycles. The fourth-order valence-corrected chi connectivity index (χ4v) is 2.79. The van der Waals surface area contributed by atoms with Crippen LogP contribution >= 0.6 is 38.9 Å². The molecule has 106 valence electrons. The number of nitrogen functional groups attached to an aromatic ring is 1. The highest BCUT2D eigenvalue weighted by atomic mass is 79.9. The molecule has 0 saturated heterocycles. The van der Waals surface area contributed by atoms with E-state index in [1.165, 1.54) is 11.3 Å². The van der Waals surface area contributed by atoms with Gasteiger partial charge in [0.05, 0.1) is 15.2 Å². The number of carbonyl (C=O) groups excluding carboxylic acids is 1. The lowest BCUT2D eigenvalue weighted by Gasteiger charge is -2.07. The van der Waals surface area contributed by atoms with Crippen molar-refractivity contribution in [2.45, 2.75) is 0 Å². The lowest BCUT2D eigenvalue weighted by Crippen LogP contribution is -2.12. The highest BCUT2D eigenvalue weighted by molar-refractivity contribution is 9.10. The Hall–Kier alpha value is -1.31. The van der Waals surface area contributed by atoms with Gasteiger partial charge < -0.3 is 16.0 Å². The normalized spacial score (nSPS) is 10.4. The van der Waals surface area contributed by atoms with E-state index in [-0.39, 0.29) is 11.7 Å². The van der Waals surface area contributed by atoms with Crippen molar-refractivity contribution in [1.82, 2.24) is 4.98 Å². The molecule has 5 nitrogen and oxygen atoms in total. The van der Waals surface area contributed by atoms with Gasteiger partial charge in [0, 0.05) is 14.1 Å². The van der Waals surface area contributed by atoms with Gasteiger partial charge in [0.15, 0.2) is 5.13 Å². The van der Waals surface area contributed by atoms with E-state index < -0.39 is 0 Å².